The summed E-state index contributed by atoms with van der Waals surface area (Å²) >= 11 is 0. The topological polar surface area (TPSA) is 59.1 Å². The van der Waals surface area contributed by atoms with Crippen molar-refractivity contribution in [2.24, 2.45) is 5.92 Å². The van der Waals surface area contributed by atoms with Gasteiger partial charge in [-0.2, -0.15) is 0 Å². The Morgan fingerprint density at radius 1 is 1.15 bits per heavy atom. The molecule has 20 heavy (non-hydrogen) atoms. The van der Waals surface area contributed by atoms with Gasteiger partial charge in [-0.3, -0.25) is 0 Å². The molecular formula is C16H28O4. The number of ether oxygens (including phenoxy) is 2. The maximum atomic E-state index is 10.9. The van der Waals surface area contributed by atoms with Gasteiger partial charge in [0.05, 0.1) is 6.61 Å². The van der Waals surface area contributed by atoms with Crippen molar-refractivity contribution in [2.75, 3.05) is 19.8 Å². The number of carboxylic acids is 1. The van der Waals surface area contributed by atoms with Crippen LogP contribution in [0.1, 0.15) is 64.2 Å². The SMILES string of the molecule is O=C(O)C1(CCOCCCCCCC2CCCC2)CO1. The monoisotopic (exact) mass is 284 g/mol. The van der Waals surface area contributed by atoms with Crippen LogP contribution < -0.4 is 0 Å². The molecule has 0 aromatic carbocycles. The number of hydrogen-bond acceptors (Lipinski definition) is 3. The van der Waals surface area contributed by atoms with Crippen LogP contribution in [0, 0.1) is 5.92 Å². The molecule has 0 bridgehead atoms. The molecule has 2 aliphatic rings. The summed E-state index contributed by atoms with van der Waals surface area (Å²) in [7, 11) is 0. The minimum atomic E-state index is -0.915. The predicted octanol–water partition coefficient (Wildman–Crippen LogP) is 3.39. The van der Waals surface area contributed by atoms with E-state index in [1.807, 2.05) is 0 Å². The van der Waals surface area contributed by atoms with Gasteiger partial charge in [-0.15, -0.1) is 0 Å². The summed E-state index contributed by atoms with van der Waals surface area (Å²) in [6.07, 6.45) is 12.7. The molecule has 1 unspecified atom stereocenters. The van der Waals surface area contributed by atoms with Crippen LogP contribution >= 0.6 is 0 Å². The van der Waals surface area contributed by atoms with Gasteiger partial charge in [0.1, 0.15) is 0 Å². The third-order valence-electron chi connectivity index (χ3n) is 4.66. The molecular weight excluding hydrogens is 256 g/mol. The van der Waals surface area contributed by atoms with E-state index in [0.29, 0.717) is 19.6 Å². The number of unbranched alkanes of at least 4 members (excludes halogenated alkanes) is 3. The molecule has 0 spiro atoms. The van der Waals surface area contributed by atoms with Gasteiger partial charge >= 0.3 is 5.97 Å². The van der Waals surface area contributed by atoms with Gasteiger partial charge in [-0.05, 0) is 12.3 Å². The molecule has 1 N–H and O–H groups in total. The van der Waals surface area contributed by atoms with Crippen molar-refractivity contribution in [3.63, 3.8) is 0 Å². The fourth-order valence-corrected chi connectivity index (χ4v) is 3.09. The van der Waals surface area contributed by atoms with E-state index in [2.05, 4.69) is 0 Å². The first-order chi connectivity index (χ1) is 9.73. The smallest absolute Gasteiger partial charge is 0.338 e. The minimum Gasteiger partial charge on any atom is -0.479 e. The van der Waals surface area contributed by atoms with Gasteiger partial charge in [-0.25, -0.2) is 4.79 Å². The van der Waals surface area contributed by atoms with Gasteiger partial charge in [0.2, 0.25) is 0 Å². The van der Waals surface area contributed by atoms with Crippen molar-refractivity contribution in [1.29, 1.82) is 0 Å². The second-order valence-corrected chi connectivity index (χ2v) is 6.30. The third-order valence-corrected chi connectivity index (χ3v) is 4.66. The van der Waals surface area contributed by atoms with Gasteiger partial charge in [0, 0.05) is 19.6 Å². The van der Waals surface area contributed by atoms with Gasteiger partial charge in [-0.1, -0.05) is 51.4 Å². The highest BCUT2D eigenvalue weighted by Gasteiger charge is 2.52. The number of hydrogen-bond donors (Lipinski definition) is 1. The van der Waals surface area contributed by atoms with Crippen molar-refractivity contribution >= 4 is 5.97 Å². The lowest BCUT2D eigenvalue weighted by molar-refractivity contribution is -0.144. The Balaban J connectivity index is 1.34. The van der Waals surface area contributed by atoms with Crippen LogP contribution in [-0.2, 0) is 14.3 Å². The van der Waals surface area contributed by atoms with Crippen LogP contribution in [0.4, 0.5) is 0 Å². The predicted molar refractivity (Wildman–Crippen MR) is 76.8 cm³/mol. The Hall–Kier alpha value is -0.610. The van der Waals surface area contributed by atoms with E-state index in [0.717, 1.165) is 18.9 Å². The van der Waals surface area contributed by atoms with Gasteiger partial charge in [0.25, 0.3) is 0 Å². The van der Waals surface area contributed by atoms with E-state index in [9.17, 15) is 4.79 Å². The molecule has 1 saturated heterocycles. The summed E-state index contributed by atoms with van der Waals surface area (Å²) < 4.78 is 10.5. The fourth-order valence-electron chi connectivity index (χ4n) is 3.09. The lowest BCUT2D eigenvalue weighted by atomic mass is 9.99. The van der Waals surface area contributed by atoms with Crippen LogP contribution in [-0.4, -0.2) is 36.5 Å². The zero-order valence-electron chi connectivity index (χ0n) is 12.4. The first-order valence-corrected chi connectivity index (χ1v) is 8.18. The Bertz CT molecular complexity index is 293. The van der Waals surface area contributed by atoms with E-state index in [-0.39, 0.29) is 0 Å². The normalized spacial score (nSPS) is 26.0. The molecule has 0 amide bonds. The molecule has 116 valence electrons. The largest absolute Gasteiger partial charge is 0.479 e. The number of carbonyl (C=O) groups is 1. The summed E-state index contributed by atoms with van der Waals surface area (Å²) in [5.74, 6) is 0.157. The average Bonchev–Trinajstić information content (AvgIpc) is 3.05. The molecule has 0 radical (unpaired) electrons. The Labute approximate surface area is 121 Å². The van der Waals surface area contributed by atoms with Crippen LogP contribution in [0.5, 0.6) is 0 Å². The number of epoxide rings is 1. The number of aliphatic carboxylic acids is 1. The van der Waals surface area contributed by atoms with Crippen molar-refractivity contribution in [1.82, 2.24) is 0 Å². The molecule has 1 heterocycles. The highest BCUT2D eigenvalue weighted by molar-refractivity contribution is 5.80. The summed E-state index contributed by atoms with van der Waals surface area (Å²) in [5.41, 5.74) is -0.915. The highest BCUT2D eigenvalue weighted by Crippen LogP contribution is 2.31. The highest BCUT2D eigenvalue weighted by atomic mass is 16.6. The molecule has 1 saturated carbocycles. The van der Waals surface area contributed by atoms with E-state index in [4.69, 9.17) is 14.6 Å². The third kappa shape index (κ3) is 5.06. The molecule has 1 aliphatic heterocycles. The zero-order chi connectivity index (χ0) is 14.3. The minimum absolute atomic E-state index is 0.340. The van der Waals surface area contributed by atoms with Crippen molar-refractivity contribution < 1.29 is 19.4 Å². The first-order valence-electron chi connectivity index (χ1n) is 8.18. The van der Waals surface area contributed by atoms with E-state index < -0.39 is 11.6 Å². The quantitative estimate of drug-likeness (QED) is 0.467. The van der Waals surface area contributed by atoms with E-state index in [1.165, 1.54) is 51.4 Å². The molecule has 0 aromatic rings. The molecule has 2 fully saturated rings. The molecule has 4 heteroatoms. The molecule has 4 nitrogen and oxygen atoms in total. The second kappa shape index (κ2) is 7.99. The fraction of sp³-hybridized carbons (Fsp3) is 0.938. The molecule has 1 atom stereocenters. The van der Waals surface area contributed by atoms with Crippen LogP contribution in [0.3, 0.4) is 0 Å². The maximum Gasteiger partial charge on any atom is 0.338 e. The summed E-state index contributed by atoms with van der Waals surface area (Å²) in [6.45, 7) is 1.58. The lowest BCUT2D eigenvalue weighted by Crippen LogP contribution is -2.25. The van der Waals surface area contributed by atoms with Gasteiger partial charge < -0.3 is 14.6 Å². The maximum absolute atomic E-state index is 10.9. The average molecular weight is 284 g/mol. The lowest BCUT2D eigenvalue weighted by Gasteiger charge is -2.09. The summed E-state index contributed by atoms with van der Waals surface area (Å²) in [4.78, 5) is 10.9. The van der Waals surface area contributed by atoms with Crippen molar-refractivity contribution in [2.45, 2.75) is 69.8 Å². The van der Waals surface area contributed by atoms with E-state index >= 15 is 0 Å². The van der Waals surface area contributed by atoms with Crippen LogP contribution in [0.2, 0.25) is 0 Å². The Kier molecular flexibility index (Phi) is 6.30. The number of rotatable bonds is 11. The zero-order valence-corrected chi connectivity index (χ0v) is 12.4. The molecule has 2 rings (SSSR count). The van der Waals surface area contributed by atoms with Crippen molar-refractivity contribution in [3.8, 4) is 0 Å². The summed E-state index contributed by atoms with van der Waals surface area (Å²) in [5, 5.41) is 8.91. The Morgan fingerprint density at radius 3 is 2.50 bits per heavy atom. The molecule has 0 aromatic heterocycles. The van der Waals surface area contributed by atoms with E-state index in [1.54, 1.807) is 0 Å². The van der Waals surface area contributed by atoms with Crippen LogP contribution in [0.15, 0.2) is 0 Å². The Morgan fingerprint density at radius 2 is 1.85 bits per heavy atom. The van der Waals surface area contributed by atoms with Gasteiger partial charge in [0.15, 0.2) is 5.60 Å². The van der Waals surface area contributed by atoms with Crippen LogP contribution in [0.25, 0.3) is 0 Å². The second-order valence-electron chi connectivity index (χ2n) is 6.30. The van der Waals surface area contributed by atoms with Crippen molar-refractivity contribution in [3.05, 3.63) is 0 Å². The molecule has 1 aliphatic carbocycles. The summed E-state index contributed by atoms with van der Waals surface area (Å²) in [6, 6.07) is 0. The number of carboxylic acid groups (broad SMARTS) is 1. The standard InChI is InChI=1S/C16H28O4/c17-15(18)16(13-20-16)10-12-19-11-6-2-1-3-7-14-8-4-5-9-14/h14H,1-13H2,(H,17,18). The first kappa shape index (κ1) is 15.8.